The third-order valence-corrected chi connectivity index (χ3v) is 3.99. The molecule has 0 amide bonds. The topological polar surface area (TPSA) is 69.8 Å². The Morgan fingerprint density at radius 2 is 2.35 bits per heavy atom. The summed E-state index contributed by atoms with van der Waals surface area (Å²) < 4.78 is 0. The molecule has 0 bridgehead atoms. The standard InChI is InChI=1S/C12H18N4O/c17-11-10(13-6-7-14-11)16-9-2-5-15-12(8-9)3-1-4-12/h6-7,9,15H,1-5,8H2,(H,13,16)(H,14,17). The molecule has 1 unspecified atom stereocenters. The molecule has 0 radical (unpaired) electrons. The van der Waals surface area contributed by atoms with Gasteiger partial charge in [0, 0.05) is 24.0 Å². The van der Waals surface area contributed by atoms with E-state index in [1.54, 1.807) is 12.4 Å². The maximum Gasteiger partial charge on any atom is 0.290 e. The van der Waals surface area contributed by atoms with Crippen molar-refractivity contribution in [3.63, 3.8) is 0 Å². The van der Waals surface area contributed by atoms with E-state index in [-0.39, 0.29) is 5.56 Å². The minimum absolute atomic E-state index is 0.131. The molecule has 17 heavy (non-hydrogen) atoms. The van der Waals surface area contributed by atoms with Crippen LogP contribution in [0.4, 0.5) is 5.82 Å². The molecule has 5 nitrogen and oxygen atoms in total. The molecular weight excluding hydrogens is 216 g/mol. The molecule has 2 aliphatic rings. The Morgan fingerprint density at radius 1 is 1.47 bits per heavy atom. The lowest BCUT2D eigenvalue weighted by Gasteiger charge is -2.48. The highest BCUT2D eigenvalue weighted by atomic mass is 16.1. The second kappa shape index (κ2) is 4.14. The Labute approximate surface area is 100 Å². The summed E-state index contributed by atoms with van der Waals surface area (Å²) in [6, 6.07) is 0.368. The average molecular weight is 234 g/mol. The van der Waals surface area contributed by atoms with E-state index in [0.717, 1.165) is 19.4 Å². The van der Waals surface area contributed by atoms with Crippen molar-refractivity contribution in [2.24, 2.45) is 0 Å². The normalized spacial score (nSPS) is 26.5. The number of rotatable bonds is 2. The van der Waals surface area contributed by atoms with E-state index in [0.29, 0.717) is 17.4 Å². The van der Waals surface area contributed by atoms with E-state index in [1.807, 2.05) is 0 Å². The lowest BCUT2D eigenvalue weighted by molar-refractivity contribution is 0.135. The molecule has 1 aliphatic carbocycles. The first-order valence-electron chi connectivity index (χ1n) is 6.33. The predicted molar refractivity (Wildman–Crippen MR) is 66.1 cm³/mol. The number of aromatic nitrogens is 2. The summed E-state index contributed by atoms with van der Waals surface area (Å²) in [5.74, 6) is 0.453. The molecule has 2 heterocycles. The van der Waals surface area contributed by atoms with Gasteiger partial charge in [-0.1, -0.05) is 0 Å². The number of H-pyrrole nitrogens is 1. The molecule has 3 rings (SSSR count). The molecule has 1 atom stereocenters. The SMILES string of the molecule is O=c1[nH]ccnc1NC1CCNC2(CCC2)C1. The zero-order chi connectivity index (χ0) is 11.7. The van der Waals surface area contributed by atoms with Crippen molar-refractivity contribution in [1.29, 1.82) is 0 Å². The van der Waals surface area contributed by atoms with Crippen molar-refractivity contribution in [2.75, 3.05) is 11.9 Å². The van der Waals surface area contributed by atoms with Crippen LogP contribution < -0.4 is 16.2 Å². The van der Waals surface area contributed by atoms with Gasteiger partial charge >= 0.3 is 0 Å². The minimum atomic E-state index is -0.131. The molecule has 1 spiro atoms. The Morgan fingerprint density at radius 3 is 3.06 bits per heavy atom. The van der Waals surface area contributed by atoms with Crippen molar-refractivity contribution in [1.82, 2.24) is 15.3 Å². The first kappa shape index (κ1) is 10.8. The van der Waals surface area contributed by atoms with Gasteiger partial charge in [-0.25, -0.2) is 4.98 Å². The van der Waals surface area contributed by atoms with Gasteiger partial charge in [-0.15, -0.1) is 0 Å². The van der Waals surface area contributed by atoms with Gasteiger partial charge in [-0.2, -0.15) is 0 Å². The Bertz CT molecular complexity index is 452. The van der Waals surface area contributed by atoms with Crippen LogP contribution in [-0.2, 0) is 0 Å². The number of anilines is 1. The second-order valence-corrected chi connectivity index (χ2v) is 5.16. The van der Waals surface area contributed by atoms with Crippen LogP contribution in [0, 0.1) is 0 Å². The largest absolute Gasteiger partial charge is 0.363 e. The Kier molecular flexibility index (Phi) is 2.63. The van der Waals surface area contributed by atoms with E-state index < -0.39 is 0 Å². The third kappa shape index (κ3) is 2.07. The summed E-state index contributed by atoms with van der Waals surface area (Å²) in [4.78, 5) is 18.3. The minimum Gasteiger partial charge on any atom is -0.363 e. The lowest BCUT2D eigenvalue weighted by Crippen LogP contribution is -2.58. The quantitative estimate of drug-likeness (QED) is 0.709. The second-order valence-electron chi connectivity index (χ2n) is 5.16. The fourth-order valence-corrected chi connectivity index (χ4v) is 2.91. The number of hydrogen-bond acceptors (Lipinski definition) is 4. The van der Waals surface area contributed by atoms with Crippen LogP contribution in [0.25, 0.3) is 0 Å². The molecule has 1 saturated heterocycles. The molecule has 5 heteroatoms. The summed E-state index contributed by atoms with van der Waals surface area (Å²) in [6.07, 6.45) is 9.19. The van der Waals surface area contributed by atoms with Crippen LogP contribution >= 0.6 is 0 Å². The van der Waals surface area contributed by atoms with Crippen LogP contribution in [0.5, 0.6) is 0 Å². The molecular formula is C12H18N4O. The summed E-state index contributed by atoms with van der Waals surface area (Å²) in [6.45, 7) is 1.03. The van der Waals surface area contributed by atoms with Crippen LogP contribution in [0.1, 0.15) is 32.1 Å². The van der Waals surface area contributed by atoms with E-state index in [2.05, 4.69) is 20.6 Å². The monoisotopic (exact) mass is 234 g/mol. The highest BCUT2D eigenvalue weighted by molar-refractivity contribution is 5.32. The van der Waals surface area contributed by atoms with Gasteiger partial charge in [0.15, 0.2) is 5.82 Å². The lowest BCUT2D eigenvalue weighted by atomic mass is 9.70. The first-order valence-corrected chi connectivity index (χ1v) is 6.33. The number of aromatic amines is 1. The van der Waals surface area contributed by atoms with Gasteiger partial charge in [0.1, 0.15) is 0 Å². The highest BCUT2D eigenvalue weighted by Gasteiger charge is 2.40. The molecule has 1 aromatic rings. The Hall–Kier alpha value is -1.36. The number of nitrogens with one attached hydrogen (secondary N) is 3. The van der Waals surface area contributed by atoms with Crippen molar-refractivity contribution >= 4 is 5.82 Å². The van der Waals surface area contributed by atoms with Gasteiger partial charge in [0.05, 0.1) is 0 Å². The van der Waals surface area contributed by atoms with Gasteiger partial charge in [-0.05, 0) is 38.6 Å². The molecule has 1 aromatic heterocycles. The smallest absolute Gasteiger partial charge is 0.290 e. The number of piperidine rings is 1. The summed E-state index contributed by atoms with van der Waals surface area (Å²) in [5.41, 5.74) is 0.214. The van der Waals surface area contributed by atoms with Crippen molar-refractivity contribution in [2.45, 2.75) is 43.7 Å². The van der Waals surface area contributed by atoms with E-state index >= 15 is 0 Å². The fourth-order valence-electron chi connectivity index (χ4n) is 2.91. The fraction of sp³-hybridized carbons (Fsp3) is 0.667. The molecule has 92 valence electrons. The number of hydrogen-bond donors (Lipinski definition) is 3. The van der Waals surface area contributed by atoms with Crippen LogP contribution in [-0.4, -0.2) is 28.1 Å². The molecule has 0 aromatic carbocycles. The maximum atomic E-state index is 11.5. The number of nitrogens with zero attached hydrogens (tertiary/aromatic N) is 1. The van der Waals surface area contributed by atoms with E-state index in [4.69, 9.17) is 0 Å². The molecule has 3 N–H and O–H groups in total. The molecule has 2 fully saturated rings. The highest BCUT2D eigenvalue weighted by Crippen LogP contribution is 2.38. The zero-order valence-corrected chi connectivity index (χ0v) is 9.83. The van der Waals surface area contributed by atoms with Gasteiger partial charge in [-0.3, -0.25) is 4.79 Å². The van der Waals surface area contributed by atoms with Crippen molar-refractivity contribution in [3.05, 3.63) is 22.7 Å². The average Bonchev–Trinajstić information content (AvgIpc) is 2.31. The first-order chi connectivity index (χ1) is 8.27. The van der Waals surface area contributed by atoms with Crippen LogP contribution in [0.15, 0.2) is 17.2 Å². The van der Waals surface area contributed by atoms with E-state index in [9.17, 15) is 4.79 Å². The molecule has 1 aliphatic heterocycles. The van der Waals surface area contributed by atoms with Gasteiger partial charge in [0.2, 0.25) is 0 Å². The van der Waals surface area contributed by atoms with Crippen LogP contribution in [0.3, 0.4) is 0 Å². The maximum absolute atomic E-state index is 11.5. The summed E-state index contributed by atoms with van der Waals surface area (Å²) in [5, 5.41) is 6.89. The Balaban J connectivity index is 1.69. The van der Waals surface area contributed by atoms with E-state index in [1.165, 1.54) is 19.3 Å². The zero-order valence-electron chi connectivity index (χ0n) is 9.83. The molecule has 1 saturated carbocycles. The van der Waals surface area contributed by atoms with Gasteiger partial charge in [0.25, 0.3) is 5.56 Å². The predicted octanol–water partition coefficient (Wildman–Crippen LogP) is 0.856. The summed E-state index contributed by atoms with van der Waals surface area (Å²) in [7, 11) is 0. The van der Waals surface area contributed by atoms with Crippen molar-refractivity contribution in [3.8, 4) is 0 Å². The van der Waals surface area contributed by atoms with Crippen molar-refractivity contribution < 1.29 is 0 Å². The van der Waals surface area contributed by atoms with Gasteiger partial charge < -0.3 is 15.6 Å². The third-order valence-electron chi connectivity index (χ3n) is 3.99. The summed E-state index contributed by atoms with van der Waals surface area (Å²) >= 11 is 0. The van der Waals surface area contributed by atoms with Crippen LogP contribution in [0.2, 0.25) is 0 Å².